The topological polar surface area (TPSA) is 0 Å². The Morgan fingerprint density at radius 1 is 0.694 bits per heavy atom. The fourth-order valence-electron chi connectivity index (χ4n) is 6.41. The van der Waals surface area contributed by atoms with Crippen LogP contribution in [0.5, 0.6) is 0 Å². The first-order chi connectivity index (χ1) is 17.7. The third-order valence-electron chi connectivity index (χ3n) is 8.90. The first kappa shape index (κ1) is 26.8. The molecule has 2 aromatic carbocycles. The predicted molar refractivity (Wildman–Crippen MR) is 156 cm³/mol. The third-order valence-corrected chi connectivity index (χ3v) is 8.90. The van der Waals surface area contributed by atoms with E-state index in [-0.39, 0.29) is 0 Å². The highest BCUT2D eigenvalue weighted by atomic mass is 14.3. The van der Waals surface area contributed by atoms with Crippen molar-refractivity contribution in [1.82, 2.24) is 0 Å². The van der Waals surface area contributed by atoms with Crippen LogP contribution in [0.4, 0.5) is 0 Å². The lowest BCUT2D eigenvalue weighted by atomic mass is 9.77. The Bertz CT molecular complexity index is 965. The van der Waals surface area contributed by atoms with E-state index in [1.807, 2.05) is 0 Å². The summed E-state index contributed by atoms with van der Waals surface area (Å²) in [4.78, 5) is 0. The molecule has 2 aromatic rings. The third kappa shape index (κ3) is 8.13. The van der Waals surface area contributed by atoms with Gasteiger partial charge in [0.25, 0.3) is 0 Å². The van der Waals surface area contributed by atoms with Crippen molar-refractivity contribution in [2.45, 2.75) is 116 Å². The average Bonchev–Trinajstić information content (AvgIpc) is 2.94. The molecule has 2 aliphatic rings. The van der Waals surface area contributed by atoms with E-state index in [1.165, 1.54) is 101 Å². The molecule has 4 rings (SSSR count). The van der Waals surface area contributed by atoms with Gasteiger partial charge in [-0.1, -0.05) is 93.8 Å². The Kier molecular flexibility index (Phi) is 10.8. The quantitative estimate of drug-likeness (QED) is 0.313. The number of benzene rings is 2. The van der Waals surface area contributed by atoms with Crippen LogP contribution in [0.2, 0.25) is 0 Å². The molecule has 2 fully saturated rings. The molecule has 0 radical (unpaired) electrons. The highest BCUT2D eigenvalue weighted by Gasteiger charge is 2.22. The minimum absolute atomic E-state index is 0.689. The van der Waals surface area contributed by atoms with Gasteiger partial charge in [0.1, 0.15) is 0 Å². The Labute approximate surface area is 222 Å². The van der Waals surface area contributed by atoms with E-state index in [2.05, 4.69) is 86.4 Å². The molecule has 0 bridgehead atoms. The van der Waals surface area contributed by atoms with Crippen LogP contribution in [0, 0.1) is 23.7 Å². The maximum absolute atomic E-state index is 3.36. The number of unbranched alkanes of at least 4 members (excludes halogenated alkanes) is 2. The van der Waals surface area contributed by atoms with E-state index < -0.39 is 0 Å². The SMILES string of the molecule is CCCCc1ccc([C@H]2CC[C@H](/C=C/C#Cc3ccc([C@H]4CC[C@H](CCCC)CC4)cc3)CC2)cc1. The smallest absolute Gasteiger partial charge is 0.0249 e. The Morgan fingerprint density at radius 3 is 1.89 bits per heavy atom. The van der Waals surface area contributed by atoms with Gasteiger partial charge in [-0.3, -0.25) is 0 Å². The zero-order valence-electron chi connectivity index (χ0n) is 23.0. The molecule has 36 heavy (non-hydrogen) atoms. The van der Waals surface area contributed by atoms with E-state index in [0.717, 1.165) is 23.3 Å². The summed E-state index contributed by atoms with van der Waals surface area (Å²) in [5, 5.41) is 0. The molecular weight excluding hydrogens is 432 g/mol. The second kappa shape index (κ2) is 14.5. The first-order valence-corrected chi connectivity index (χ1v) is 15.1. The van der Waals surface area contributed by atoms with Crippen LogP contribution in [0.25, 0.3) is 0 Å². The molecule has 0 heteroatoms. The van der Waals surface area contributed by atoms with Crippen molar-refractivity contribution in [3.63, 3.8) is 0 Å². The highest BCUT2D eigenvalue weighted by molar-refractivity contribution is 5.39. The van der Waals surface area contributed by atoms with Gasteiger partial charge in [-0.2, -0.15) is 0 Å². The monoisotopic (exact) mass is 480 g/mol. The lowest BCUT2D eigenvalue weighted by Gasteiger charge is -2.28. The average molecular weight is 481 g/mol. The van der Waals surface area contributed by atoms with Crippen LogP contribution in [0.15, 0.2) is 60.7 Å². The summed E-state index contributed by atoms with van der Waals surface area (Å²) in [6.07, 6.45) is 23.2. The predicted octanol–water partition coefficient (Wildman–Crippen LogP) is 10.4. The normalized spacial score (nSPS) is 24.4. The summed E-state index contributed by atoms with van der Waals surface area (Å²) < 4.78 is 0. The van der Waals surface area contributed by atoms with Gasteiger partial charge in [0.05, 0.1) is 0 Å². The van der Waals surface area contributed by atoms with Gasteiger partial charge < -0.3 is 0 Å². The minimum atomic E-state index is 0.689. The summed E-state index contributed by atoms with van der Waals surface area (Å²) in [7, 11) is 0. The van der Waals surface area contributed by atoms with Gasteiger partial charge in [-0.25, -0.2) is 0 Å². The standard InChI is InChI=1S/C36H48/c1-3-5-9-29-13-21-33(22-14-29)35-25-17-31(18-26-35)11-7-8-12-32-19-27-36(28-20-32)34-23-15-30(16-24-34)10-6-4-2/h7,11,13-14,19-22,27-28,30-31,34-35H,3-6,9-10,15-18,23-26H2,1-2H3/b11-7+/t30-,31-,34-,35-. The fourth-order valence-corrected chi connectivity index (χ4v) is 6.41. The van der Waals surface area contributed by atoms with Crippen molar-refractivity contribution >= 4 is 0 Å². The number of allylic oxidation sites excluding steroid dienone is 2. The minimum Gasteiger partial charge on any atom is -0.0730 e. The number of rotatable bonds is 9. The largest absolute Gasteiger partial charge is 0.0730 e. The van der Waals surface area contributed by atoms with E-state index in [1.54, 1.807) is 5.56 Å². The van der Waals surface area contributed by atoms with Gasteiger partial charge in [-0.15, -0.1) is 0 Å². The molecule has 0 nitrogen and oxygen atoms in total. The molecule has 2 aliphatic carbocycles. The molecule has 0 atom stereocenters. The molecule has 0 N–H and O–H groups in total. The van der Waals surface area contributed by atoms with Gasteiger partial charge in [0.2, 0.25) is 0 Å². The molecular formula is C36H48. The maximum atomic E-state index is 3.36. The molecule has 192 valence electrons. The van der Waals surface area contributed by atoms with Crippen molar-refractivity contribution in [2.75, 3.05) is 0 Å². The number of hydrogen-bond donors (Lipinski definition) is 0. The summed E-state index contributed by atoms with van der Waals surface area (Å²) in [6, 6.07) is 18.6. The molecule has 0 amide bonds. The van der Waals surface area contributed by atoms with E-state index in [0.29, 0.717) is 5.92 Å². The second-order valence-corrected chi connectivity index (χ2v) is 11.6. The summed E-state index contributed by atoms with van der Waals surface area (Å²) in [6.45, 7) is 4.58. The molecule has 0 aliphatic heterocycles. The Morgan fingerprint density at radius 2 is 1.28 bits per heavy atom. The first-order valence-electron chi connectivity index (χ1n) is 15.1. The lowest BCUT2D eigenvalue weighted by molar-refractivity contribution is 0.304. The van der Waals surface area contributed by atoms with Crippen LogP contribution < -0.4 is 0 Å². The second-order valence-electron chi connectivity index (χ2n) is 11.6. The van der Waals surface area contributed by atoms with Crippen molar-refractivity contribution < 1.29 is 0 Å². The van der Waals surface area contributed by atoms with Crippen molar-refractivity contribution in [2.24, 2.45) is 11.8 Å². The van der Waals surface area contributed by atoms with Gasteiger partial charge in [0, 0.05) is 5.56 Å². The van der Waals surface area contributed by atoms with Gasteiger partial charge in [0.15, 0.2) is 0 Å². The van der Waals surface area contributed by atoms with E-state index in [9.17, 15) is 0 Å². The van der Waals surface area contributed by atoms with Gasteiger partial charge >= 0.3 is 0 Å². The van der Waals surface area contributed by atoms with E-state index >= 15 is 0 Å². The van der Waals surface area contributed by atoms with E-state index in [4.69, 9.17) is 0 Å². The number of hydrogen-bond acceptors (Lipinski definition) is 0. The van der Waals surface area contributed by atoms with Crippen LogP contribution in [-0.2, 0) is 6.42 Å². The molecule has 0 aromatic heterocycles. The highest BCUT2D eigenvalue weighted by Crippen LogP contribution is 2.38. The molecule has 0 heterocycles. The molecule has 0 spiro atoms. The molecule has 0 unspecified atom stereocenters. The van der Waals surface area contributed by atoms with Crippen LogP contribution in [0.1, 0.15) is 131 Å². The number of aryl methyl sites for hydroxylation is 1. The summed E-state index contributed by atoms with van der Waals surface area (Å²) >= 11 is 0. The zero-order chi connectivity index (χ0) is 25.0. The lowest BCUT2D eigenvalue weighted by Crippen LogP contribution is -2.13. The molecule has 0 saturated heterocycles. The van der Waals surface area contributed by atoms with Crippen molar-refractivity contribution in [1.29, 1.82) is 0 Å². The Balaban J connectivity index is 1.19. The van der Waals surface area contributed by atoms with Crippen molar-refractivity contribution in [3.8, 4) is 11.8 Å². The Hall–Kier alpha value is -2.26. The van der Waals surface area contributed by atoms with Crippen LogP contribution in [0.3, 0.4) is 0 Å². The molecule has 2 saturated carbocycles. The fraction of sp³-hybridized carbons (Fsp3) is 0.556. The zero-order valence-corrected chi connectivity index (χ0v) is 23.0. The summed E-state index contributed by atoms with van der Waals surface area (Å²) in [5.41, 5.74) is 5.71. The van der Waals surface area contributed by atoms with Crippen molar-refractivity contribution in [3.05, 3.63) is 82.9 Å². The summed E-state index contributed by atoms with van der Waals surface area (Å²) in [5.74, 6) is 9.85. The maximum Gasteiger partial charge on any atom is 0.0249 e. The van der Waals surface area contributed by atoms with Crippen LogP contribution >= 0.6 is 0 Å². The van der Waals surface area contributed by atoms with Gasteiger partial charge in [-0.05, 0) is 123 Å². The van der Waals surface area contributed by atoms with Crippen LogP contribution in [-0.4, -0.2) is 0 Å².